The number of phenolic OH excluding ortho intramolecular Hbond substituents is 1. The molecule has 0 radical (unpaired) electrons. The number of carbonyl (C=O) groups excluding carboxylic acids is 2. The van der Waals surface area contributed by atoms with Gasteiger partial charge >= 0.3 is 25.0 Å². The molecule has 0 bridgehead atoms. The molecule has 0 fully saturated rings. The largest absolute Gasteiger partial charge is 0.506 e. The molecule has 0 unspecified atom stereocenters. The van der Waals surface area contributed by atoms with E-state index in [1.165, 1.54) is 26.4 Å². The second-order valence-corrected chi connectivity index (χ2v) is 10.6. The predicted molar refractivity (Wildman–Crippen MR) is 190 cm³/mol. The second kappa shape index (κ2) is 21.3. The highest BCUT2D eigenvalue weighted by Gasteiger charge is 2.33. The zero-order chi connectivity index (χ0) is 33.1. The number of hydrogen-bond donors (Lipinski definition) is 3. The molecule has 0 amide bonds. The number of carboxylic acid groups (broad SMARTS) is 1. The average Bonchev–Trinajstić information content (AvgIpc) is 3.39. The molecule has 3 aromatic carbocycles. The molecule has 1 aliphatic heterocycles. The van der Waals surface area contributed by atoms with Crippen LogP contribution in [0.25, 0.3) is 0 Å². The van der Waals surface area contributed by atoms with Crippen LogP contribution in [-0.4, -0.2) is 67.7 Å². The molecule has 0 aliphatic carbocycles. The van der Waals surface area contributed by atoms with Crippen molar-refractivity contribution < 1.29 is 53.2 Å². The molecular weight excluding hydrogens is 743 g/mol. The van der Waals surface area contributed by atoms with Crippen LogP contribution < -0.4 is 14.9 Å². The van der Waals surface area contributed by atoms with E-state index in [0.29, 0.717) is 34.5 Å². The van der Waals surface area contributed by atoms with Crippen LogP contribution in [0, 0.1) is 13.8 Å². The Hall–Kier alpha value is -3.59. The smallest absolute Gasteiger partial charge is 0.495 e. The normalized spacial score (nSPS) is 10.5. The summed E-state index contributed by atoms with van der Waals surface area (Å²) in [5.74, 6) is -1.34. The third-order valence-electron chi connectivity index (χ3n) is 6.15. The Labute approximate surface area is 294 Å². The van der Waals surface area contributed by atoms with E-state index in [2.05, 4.69) is 41.3 Å². The van der Waals surface area contributed by atoms with E-state index < -0.39 is 19.1 Å². The van der Waals surface area contributed by atoms with Gasteiger partial charge in [0.1, 0.15) is 33.9 Å². The molecule has 11 nitrogen and oxygen atoms in total. The van der Waals surface area contributed by atoms with Crippen molar-refractivity contribution in [2.45, 2.75) is 56.6 Å². The van der Waals surface area contributed by atoms with Gasteiger partial charge in [-0.05, 0) is 94.4 Å². The number of halogens is 2. The van der Waals surface area contributed by atoms with Gasteiger partial charge in [-0.2, -0.15) is 0 Å². The van der Waals surface area contributed by atoms with Gasteiger partial charge < -0.3 is 38.8 Å². The van der Waals surface area contributed by atoms with Gasteiger partial charge in [-0.15, -0.1) is 0 Å². The fourth-order valence-corrected chi connectivity index (χ4v) is 4.71. The van der Waals surface area contributed by atoms with Crippen LogP contribution in [-0.2, 0) is 20.7 Å². The van der Waals surface area contributed by atoms with Crippen molar-refractivity contribution in [2.75, 3.05) is 27.4 Å². The fraction of sp³-hybridized carbons (Fsp3) is 0.364. The SMILES string of the molecule is C.C.C.CCOc1c(C(=O)O)ccc2c1B(O)OC2.CCOc1c(C(=O)OC)ccc(C)c1Br.COC(=O)c1ccc(C)c(Br)c1O. The average molecular weight is 788 g/mol. The summed E-state index contributed by atoms with van der Waals surface area (Å²) in [6, 6.07) is 9.91. The van der Waals surface area contributed by atoms with Gasteiger partial charge in [0, 0.05) is 5.46 Å². The minimum Gasteiger partial charge on any atom is -0.506 e. The van der Waals surface area contributed by atoms with Gasteiger partial charge in [0.05, 0.1) is 43.0 Å². The Kier molecular flexibility index (Phi) is 20.7. The van der Waals surface area contributed by atoms with Gasteiger partial charge in [-0.25, -0.2) is 14.4 Å². The molecule has 14 heteroatoms. The third-order valence-corrected chi connectivity index (χ3v) is 8.13. The number of aromatic carboxylic acids is 1. The maximum Gasteiger partial charge on any atom is 0.495 e. The molecule has 3 aromatic rings. The topological polar surface area (TPSA) is 158 Å². The first-order chi connectivity index (χ1) is 20.8. The Morgan fingerprint density at radius 2 is 1.26 bits per heavy atom. The molecule has 3 N–H and O–H groups in total. The van der Waals surface area contributed by atoms with Crippen LogP contribution in [0.15, 0.2) is 45.3 Å². The van der Waals surface area contributed by atoms with E-state index in [4.69, 9.17) is 19.2 Å². The van der Waals surface area contributed by atoms with Crippen molar-refractivity contribution in [2.24, 2.45) is 0 Å². The molecular formula is C33H45BBr2O11. The molecule has 0 aromatic heterocycles. The minimum atomic E-state index is -1.10. The Bertz CT molecular complexity index is 1510. The number of fused-ring (bicyclic) bond motifs is 1. The summed E-state index contributed by atoms with van der Waals surface area (Å²) >= 11 is 6.57. The standard InChI is InChI=1S/C11H13BrO3.C10H11BO5.C9H9BrO3.3CH4/c1-4-15-10-8(11(13)14-3)6-5-7(2)9(10)12;1-2-15-9-7(10(12)13)4-3-6-5-16-11(14)8(6)9;1-5-3-4-6(9(12)13-2)8(11)7(5)10;;;/h5-6H,4H2,1-3H3;3-4,14H,2,5H2,1H3,(H,12,13);3-4,11H,1-2H3;3*1H4. The summed E-state index contributed by atoms with van der Waals surface area (Å²) in [6.45, 7) is 8.51. The first kappa shape index (κ1) is 45.5. The molecule has 1 heterocycles. The van der Waals surface area contributed by atoms with E-state index in [1.807, 2.05) is 26.8 Å². The van der Waals surface area contributed by atoms with Gasteiger partial charge in [0.15, 0.2) is 0 Å². The highest BCUT2D eigenvalue weighted by molar-refractivity contribution is 9.11. The highest BCUT2D eigenvalue weighted by atomic mass is 79.9. The lowest BCUT2D eigenvalue weighted by molar-refractivity contribution is 0.0587. The van der Waals surface area contributed by atoms with Crippen LogP contribution in [0.3, 0.4) is 0 Å². The Morgan fingerprint density at radius 3 is 1.77 bits per heavy atom. The molecule has 0 atom stereocenters. The van der Waals surface area contributed by atoms with Crippen LogP contribution >= 0.6 is 31.9 Å². The van der Waals surface area contributed by atoms with Gasteiger partial charge in [-0.1, -0.05) is 40.5 Å². The number of ether oxygens (including phenoxy) is 4. The molecule has 0 spiro atoms. The fourth-order valence-electron chi connectivity index (χ4n) is 3.91. The Morgan fingerprint density at radius 1 is 0.787 bits per heavy atom. The van der Waals surface area contributed by atoms with Gasteiger partial charge in [-0.3, -0.25) is 0 Å². The second-order valence-electron chi connectivity index (χ2n) is 9.00. The van der Waals surface area contributed by atoms with Crippen molar-refractivity contribution in [1.29, 1.82) is 0 Å². The van der Waals surface area contributed by atoms with Crippen LogP contribution in [0.1, 0.15) is 83.9 Å². The zero-order valence-corrected chi connectivity index (χ0v) is 28.2. The summed E-state index contributed by atoms with van der Waals surface area (Å²) in [4.78, 5) is 33.5. The van der Waals surface area contributed by atoms with E-state index in [9.17, 15) is 24.5 Å². The number of methoxy groups -OCH3 is 2. The number of benzene rings is 3. The number of aryl methyl sites for hydroxylation is 2. The van der Waals surface area contributed by atoms with Crippen molar-refractivity contribution in [3.8, 4) is 17.2 Å². The number of rotatable bonds is 7. The van der Waals surface area contributed by atoms with Gasteiger partial charge in [0.25, 0.3) is 0 Å². The third kappa shape index (κ3) is 11.3. The van der Waals surface area contributed by atoms with Crippen molar-refractivity contribution in [3.63, 3.8) is 0 Å². The first-order valence-electron chi connectivity index (χ1n) is 13.2. The van der Waals surface area contributed by atoms with Crippen molar-refractivity contribution in [3.05, 3.63) is 78.7 Å². The number of hydrogen-bond acceptors (Lipinski definition) is 10. The highest BCUT2D eigenvalue weighted by Crippen LogP contribution is 2.33. The van der Waals surface area contributed by atoms with Crippen LogP contribution in [0.4, 0.5) is 0 Å². The van der Waals surface area contributed by atoms with Crippen molar-refractivity contribution in [1.82, 2.24) is 0 Å². The van der Waals surface area contributed by atoms with Crippen molar-refractivity contribution >= 4 is 62.3 Å². The molecule has 1 aliphatic rings. The molecule has 260 valence electrons. The maximum atomic E-state index is 11.4. The zero-order valence-electron chi connectivity index (χ0n) is 25.0. The van der Waals surface area contributed by atoms with E-state index in [1.54, 1.807) is 25.1 Å². The summed E-state index contributed by atoms with van der Waals surface area (Å²) in [6.07, 6.45) is 0. The minimum absolute atomic E-state index is 0. The monoisotopic (exact) mass is 786 g/mol. The first-order valence-corrected chi connectivity index (χ1v) is 14.8. The number of aromatic hydroxyl groups is 1. The molecule has 0 saturated heterocycles. The van der Waals surface area contributed by atoms with E-state index in [0.717, 1.165) is 21.2 Å². The number of phenols is 1. The summed E-state index contributed by atoms with van der Waals surface area (Å²) < 4.78 is 26.2. The summed E-state index contributed by atoms with van der Waals surface area (Å²) in [5.41, 5.74) is 3.74. The summed E-state index contributed by atoms with van der Waals surface area (Å²) in [5, 5.41) is 28.1. The number of carbonyl (C=O) groups is 3. The van der Waals surface area contributed by atoms with E-state index in [-0.39, 0.29) is 57.5 Å². The van der Waals surface area contributed by atoms with Gasteiger partial charge in [0.2, 0.25) is 0 Å². The molecule has 0 saturated carbocycles. The predicted octanol–water partition coefficient (Wildman–Crippen LogP) is 7.10. The summed E-state index contributed by atoms with van der Waals surface area (Å²) in [7, 11) is 1.53. The lowest BCUT2D eigenvalue weighted by Gasteiger charge is -2.12. The van der Waals surface area contributed by atoms with Crippen LogP contribution in [0.2, 0.25) is 0 Å². The maximum absolute atomic E-state index is 11.4. The Balaban J connectivity index is 0. The quantitative estimate of drug-likeness (QED) is 0.166. The number of carboxylic acids is 1. The number of esters is 2. The lowest BCUT2D eigenvalue weighted by Crippen LogP contribution is -2.31. The lowest BCUT2D eigenvalue weighted by atomic mass is 9.77. The van der Waals surface area contributed by atoms with E-state index >= 15 is 0 Å². The van der Waals surface area contributed by atoms with Crippen LogP contribution in [0.5, 0.6) is 17.2 Å². The molecule has 4 rings (SSSR count). The molecule has 47 heavy (non-hydrogen) atoms.